The lowest BCUT2D eigenvalue weighted by Crippen LogP contribution is -2.16. The Morgan fingerprint density at radius 1 is 1.33 bits per heavy atom. The highest BCUT2D eigenvalue weighted by atomic mass is 32.2. The molecule has 2 aromatic rings. The van der Waals surface area contributed by atoms with Gasteiger partial charge in [-0.15, -0.1) is 18.3 Å². The average Bonchev–Trinajstić information content (AvgIpc) is 2.45. The van der Waals surface area contributed by atoms with Gasteiger partial charge in [-0.3, -0.25) is 4.79 Å². The van der Waals surface area contributed by atoms with Gasteiger partial charge in [-0.05, 0) is 37.6 Å². The fourth-order valence-electron chi connectivity index (χ4n) is 2.04. The first-order valence-electron chi connectivity index (χ1n) is 6.70. The number of hydrogen-bond donors (Lipinski definition) is 1. The van der Waals surface area contributed by atoms with E-state index >= 15 is 0 Å². The molecular weight excluding hydrogens is 280 g/mol. The van der Waals surface area contributed by atoms with Gasteiger partial charge in [0.05, 0.1) is 5.56 Å². The summed E-state index contributed by atoms with van der Waals surface area (Å²) in [6.07, 6.45) is 1.81. The summed E-state index contributed by atoms with van der Waals surface area (Å²) in [6.45, 7) is 7.59. The molecule has 1 aromatic heterocycles. The lowest BCUT2D eigenvalue weighted by atomic mass is 10.1. The van der Waals surface area contributed by atoms with Crippen LogP contribution in [0.4, 0.5) is 5.69 Å². The minimum absolute atomic E-state index is 0.127. The summed E-state index contributed by atoms with van der Waals surface area (Å²) >= 11 is 1.52. The molecule has 0 radical (unpaired) electrons. The maximum absolute atomic E-state index is 12.5. The molecule has 1 amide bonds. The minimum atomic E-state index is -0.127. The molecule has 1 heterocycles. The van der Waals surface area contributed by atoms with Crippen LogP contribution in [0.3, 0.4) is 0 Å². The maximum Gasteiger partial charge on any atom is 0.258 e. The number of carbonyl (C=O) groups excluding carboxylic acids is 1. The van der Waals surface area contributed by atoms with Crippen LogP contribution in [-0.2, 0) is 0 Å². The molecule has 2 rings (SSSR count). The molecular formula is C17H18N2OS. The van der Waals surface area contributed by atoms with Gasteiger partial charge in [-0.1, -0.05) is 24.3 Å². The van der Waals surface area contributed by atoms with Gasteiger partial charge < -0.3 is 5.32 Å². The van der Waals surface area contributed by atoms with Gasteiger partial charge in [0.15, 0.2) is 0 Å². The SMILES string of the molecule is C=CCSc1nc(C)cc(C)c1C(=O)Nc1ccccc1. The Morgan fingerprint density at radius 2 is 2.05 bits per heavy atom. The lowest BCUT2D eigenvalue weighted by molar-refractivity contribution is 0.102. The highest BCUT2D eigenvalue weighted by Gasteiger charge is 2.17. The predicted octanol–water partition coefficient (Wildman–Crippen LogP) is 4.23. The van der Waals surface area contributed by atoms with Crippen LogP contribution in [0.5, 0.6) is 0 Å². The summed E-state index contributed by atoms with van der Waals surface area (Å²) in [5.74, 6) is 0.597. The van der Waals surface area contributed by atoms with Crippen molar-refractivity contribution in [1.29, 1.82) is 0 Å². The van der Waals surface area contributed by atoms with E-state index in [9.17, 15) is 4.79 Å². The zero-order valence-electron chi connectivity index (χ0n) is 12.2. The summed E-state index contributed by atoms with van der Waals surface area (Å²) in [5, 5.41) is 3.67. The first-order chi connectivity index (χ1) is 10.1. The number of carbonyl (C=O) groups is 1. The number of hydrogen-bond acceptors (Lipinski definition) is 3. The zero-order valence-corrected chi connectivity index (χ0v) is 13.0. The number of rotatable bonds is 5. The van der Waals surface area contributed by atoms with E-state index in [1.807, 2.05) is 56.3 Å². The fraction of sp³-hybridized carbons (Fsp3) is 0.176. The zero-order chi connectivity index (χ0) is 15.2. The maximum atomic E-state index is 12.5. The number of aromatic nitrogens is 1. The molecule has 108 valence electrons. The smallest absolute Gasteiger partial charge is 0.258 e. The molecule has 0 aliphatic rings. The summed E-state index contributed by atoms with van der Waals surface area (Å²) in [6, 6.07) is 11.4. The average molecular weight is 298 g/mol. The second-order valence-electron chi connectivity index (χ2n) is 4.68. The van der Waals surface area contributed by atoms with Crippen molar-refractivity contribution in [2.24, 2.45) is 0 Å². The van der Waals surface area contributed by atoms with Crippen molar-refractivity contribution in [2.45, 2.75) is 18.9 Å². The van der Waals surface area contributed by atoms with E-state index in [1.165, 1.54) is 11.8 Å². The molecule has 0 spiro atoms. The van der Waals surface area contributed by atoms with E-state index in [0.29, 0.717) is 5.56 Å². The first kappa shape index (κ1) is 15.3. The number of nitrogens with zero attached hydrogens (tertiary/aromatic N) is 1. The van der Waals surface area contributed by atoms with Gasteiger partial charge in [-0.2, -0.15) is 0 Å². The molecule has 4 heteroatoms. The molecule has 0 aliphatic carbocycles. The number of amides is 1. The standard InChI is InChI=1S/C17H18N2OS/c1-4-10-21-17-15(12(2)11-13(3)18-17)16(20)19-14-8-6-5-7-9-14/h4-9,11H,1,10H2,2-3H3,(H,19,20). The second-order valence-corrected chi connectivity index (χ2v) is 5.69. The Kier molecular flexibility index (Phi) is 5.17. The van der Waals surface area contributed by atoms with Gasteiger partial charge in [0.25, 0.3) is 5.91 Å². The third kappa shape index (κ3) is 3.95. The van der Waals surface area contributed by atoms with Crippen molar-refractivity contribution in [3.63, 3.8) is 0 Å². The molecule has 1 N–H and O–H groups in total. The number of benzene rings is 1. The normalized spacial score (nSPS) is 10.2. The lowest BCUT2D eigenvalue weighted by Gasteiger charge is -2.12. The van der Waals surface area contributed by atoms with E-state index in [0.717, 1.165) is 27.7 Å². The highest BCUT2D eigenvalue weighted by Crippen LogP contribution is 2.25. The van der Waals surface area contributed by atoms with Crippen molar-refractivity contribution in [3.05, 3.63) is 65.9 Å². The van der Waals surface area contributed by atoms with Gasteiger partial charge in [0.2, 0.25) is 0 Å². The summed E-state index contributed by atoms with van der Waals surface area (Å²) < 4.78 is 0. The number of thioether (sulfide) groups is 1. The molecule has 0 aliphatic heterocycles. The minimum Gasteiger partial charge on any atom is -0.322 e. The number of para-hydroxylation sites is 1. The Labute approximate surface area is 129 Å². The highest BCUT2D eigenvalue weighted by molar-refractivity contribution is 7.99. The summed E-state index contributed by atoms with van der Waals surface area (Å²) in [5.41, 5.74) is 3.26. The van der Waals surface area contributed by atoms with E-state index < -0.39 is 0 Å². The Morgan fingerprint density at radius 3 is 2.71 bits per heavy atom. The molecule has 0 saturated carbocycles. The van der Waals surface area contributed by atoms with E-state index in [-0.39, 0.29) is 5.91 Å². The van der Waals surface area contributed by atoms with Crippen molar-refractivity contribution < 1.29 is 4.79 Å². The van der Waals surface area contributed by atoms with Crippen molar-refractivity contribution in [1.82, 2.24) is 4.98 Å². The Bertz CT molecular complexity index is 653. The monoisotopic (exact) mass is 298 g/mol. The van der Waals surface area contributed by atoms with Gasteiger partial charge >= 0.3 is 0 Å². The number of anilines is 1. The topological polar surface area (TPSA) is 42.0 Å². The van der Waals surface area contributed by atoms with Crippen LogP contribution in [0.1, 0.15) is 21.6 Å². The third-order valence-electron chi connectivity index (χ3n) is 2.91. The van der Waals surface area contributed by atoms with Crippen LogP contribution in [0, 0.1) is 13.8 Å². The van der Waals surface area contributed by atoms with E-state index in [1.54, 1.807) is 0 Å². The third-order valence-corrected chi connectivity index (χ3v) is 3.88. The Balaban J connectivity index is 2.32. The van der Waals surface area contributed by atoms with Crippen molar-refractivity contribution in [3.8, 4) is 0 Å². The van der Waals surface area contributed by atoms with E-state index in [2.05, 4.69) is 16.9 Å². The van der Waals surface area contributed by atoms with Crippen LogP contribution < -0.4 is 5.32 Å². The van der Waals surface area contributed by atoms with Crippen LogP contribution in [0.15, 0.2) is 54.1 Å². The van der Waals surface area contributed by atoms with Gasteiger partial charge in [0, 0.05) is 17.1 Å². The molecule has 3 nitrogen and oxygen atoms in total. The first-order valence-corrected chi connectivity index (χ1v) is 7.68. The molecule has 21 heavy (non-hydrogen) atoms. The predicted molar refractivity (Wildman–Crippen MR) is 89.0 cm³/mol. The summed E-state index contributed by atoms with van der Waals surface area (Å²) in [4.78, 5) is 17.0. The van der Waals surface area contributed by atoms with E-state index in [4.69, 9.17) is 0 Å². The van der Waals surface area contributed by atoms with Gasteiger partial charge in [0.1, 0.15) is 5.03 Å². The molecule has 0 unspecified atom stereocenters. The largest absolute Gasteiger partial charge is 0.322 e. The van der Waals surface area contributed by atoms with Crippen molar-refractivity contribution in [2.75, 3.05) is 11.1 Å². The Hall–Kier alpha value is -2.07. The molecule has 0 fully saturated rings. The molecule has 0 atom stereocenters. The summed E-state index contributed by atoms with van der Waals surface area (Å²) in [7, 11) is 0. The molecule has 0 saturated heterocycles. The van der Waals surface area contributed by atoms with Gasteiger partial charge in [-0.25, -0.2) is 4.98 Å². The number of nitrogens with one attached hydrogen (secondary N) is 1. The molecule has 0 bridgehead atoms. The van der Waals surface area contributed by atoms with Crippen LogP contribution in [0.2, 0.25) is 0 Å². The number of pyridine rings is 1. The second kappa shape index (κ2) is 7.09. The van der Waals surface area contributed by atoms with Crippen molar-refractivity contribution >= 4 is 23.4 Å². The van der Waals surface area contributed by atoms with Crippen LogP contribution >= 0.6 is 11.8 Å². The fourth-order valence-corrected chi connectivity index (χ4v) is 2.92. The molecule has 1 aromatic carbocycles. The van der Waals surface area contributed by atoms with Crippen LogP contribution in [0.25, 0.3) is 0 Å². The van der Waals surface area contributed by atoms with Crippen LogP contribution in [-0.4, -0.2) is 16.6 Å². The number of aryl methyl sites for hydroxylation is 2. The quantitative estimate of drug-likeness (QED) is 0.663.